The van der Waals surface area contributed by atoms with Crippen molar-refractivity contribution in [1.82, 2.24) is 10.2 Å². The Balaban J connectivity index is 1.56. The third-order valence-electron chi connectivity index (χ3n) is 5.02. The zero-order chi connectivity index (χ0) is 18.4. The fourth-order valence-corrected chi connectivity index (χ4v) is 3.59. The third kappa shape index (κ3) is 4.64. The topological polar surface area (TPSA) is 41.6 Å². The van der Waals surface area contributed by atoms with E-state index in [0.29, 0.717) is 25.7 Å². The molecule has 0 aliphatic carbocycles. The van der Waals surface area contributed by atoms with Crippen LogP contribution in [0.2, 0.25) is 0 Å². The van der Waals surface area contributed by atoms with E-state index in [-0.39, 0.29) is 5.91 Å². The highest BCUT2D eigenvalue weighted by atomic mass is 16.5. The summed E-state index contributed by atoms with van der Waals surface area (Å²) in [4.78, 5) is 14.7. The molecule has 138 valence electrons. The quantitative estimate of drug-likeness (QED) is 0.823. The van der Waals surface area contributed by atoms with E-state index >= 15 is 0 Å². The van der Waals surface area contributed by atoms with Crippen LogP contribution in [0, 0.1) is 6.92 Å². The maximum atomic E-state index is 12.4. The summed E-state index contributed by atoms with van der Waals surface area (Å²) in [7, 11) is 0. The van der Waals surface area contributed by atoms with Crippen LogP contribution in [-0.4, -0.2) is 30.5 Å². The first-order valence-corrected chi connectivity index (χ1v) is 9.45. The van der Waals surface area contributed by atoms with E-state index in [1.54, 1.807) is 0 Å². The molecule has 0 saturated carbocycles. The van der Waals surface area contributed by atoms with Gasteiger partial charge in [-0.25, -0.2) is 0 Å². The van der Waals surface area contributed by atoms with Gasteiger partial charge in [0, 0.05) is 12.6 Å². The van der Waals surface area contributed by atoms with Crippen molar-refractivity contribution in [2.45, 2.75) is 39.3 Å². The van der Waals surface area contributed by atoms with Gasteiger partial charge in [0.1, 0.15) is 5.75 Å². The number of nitrogens with zero attached hydrogens (tertiary/aromatic N) is 1. The summed E-state index contributed by atoms with van der Waals surface area (Å²) in [5, 5.41) is 3.06. The maximum Gasteiger partial charge on any atom is 0.234 e. The standard InChI is InChI=1S/C22H28N2O2/c1-3-26-20-12-10-18(11-13-20)21-9-6-14-24(21)16-22(25)23-15-19-8-5-4-7-17(19)2/h4-5,7-8,10-13,21H,3,6,9,14-16H2,1-2H3,(H,23,25). The van der Waals surface area contributed by atoms with Gasteiger partial charge in [-0.2, -0.15) is 0 Å². The Hall–Kier alpha value is -2.33. The molecule has 0 spiro atoms. The molecule has 2 aromatic carbocycles. The van der Waals surface area contributed by atoms with Gasteiger partial charge in [-0.1, -0.05) is 36.4 Å². The van der Waals surface area contributed by atoms with Crippen LogP contribution < -0.4 is 10.1 Å². The van der Waals surface area contributed by atoms with Crippen LogP contribution in [0.1, 0.15) is 42.5 Å². The summed E-state index contributed by atoms with van der Waals surface area (Å²) in [6.07, 6.45) is 2.22. The van der Waals surface area contributed by atoms with Crippen LogP contribution in [0.4, 0.5) is 0 Å². The summed E-state index contributed by atoms with van der Waals surface area (Å²) in [5.74, 6) is 0.989. The molecule has 0 bridgehead atoms. The van der Waals surface area contributed by atoms with E-state index in [4.69, 9.17) is 4.74 Å². The van der Waals surface area contributed by atoms with Gasteiger partial charge in [0.05, 0.1) is 13.2 Å². The Kier molecular flexibility index (Phi) is 6.29. The Morgan fingerprint density at radius 2 is 1.96 bits per heavy atom. The number of hydrogen-bond donors (Lipinski definition) is 1. The predicted molar refractivity (Wildman–Crippen MR) is 104 cm³/mol. The van der Waals surface area contributed by atoms with Crippen LogP contribution in [0.25, 0.3) is 0 Å². The van der Waals surface area contributed by atoms with Crippen LogP contribution in [0.15, 0.2) is 48.5 Å². The van der Waals surface area contributed by atoms with Gasteiger partial charge in [0.25, 0.3) is 0 Å². The first kappa shape index (κ1) is 18.5. The normalized spacial score (nSPS) is 17.2. The minimum absolute atomic E-state index is 0.0890. The van der Waals surface area contributed by atoms with Gasteiger partial charge in [-0.15, -0.1) is 0 Å². The summed E-state index contributed by atoms with van der Waals surface area (Å²) in [5.41, 5.74) is 3.64. The summed E-state index contributed by atoms with van der Waals surface area (Å²) in [6.45, 7) is 6.74. The zero-order valence-corrected chi connectivity index (χ0v) is 15.7. The maximum absolute atomic E-state index is 12.4. The number of rotatable bonds is 7. The summed E-state index contributed by atoms with van der Waals surface area (Å²) < 4.78 is 5.52. The zero-order valence-electron chi connectivity index (χ0n) is 15.7. The van der Waals surface area contributed by atoms with Gasteiger partial charge < -0.3 is 10.1 Å². The van der Waals surface area contributed by atoms with Gasteiger partial charge in [0.2, 0.25) is 5.91 Å². The molecule has 4 nitrogen and oxygen atoms in total. The number of amides is 1. The van der Waals surface area contributed by atoms with E-state index < -0.39 is 0 Å². The molecule has 2 aromatic rings. The van der Waals surface area contributed by atoms with E-state index in [9.17, 15) is 4.79 Å². The Morgan fingerprint density at radius 1 is 1.19 bits per heavy atom. The average molecular weight is 352 g/mol. The Morgan fingerprint density at radius 3 is 2.69 bits per heavy atom. The molecule has 1 amide bonds. The number of hydrogen-bond acceptors (Lipinski definition) is 3. The van der Waals surface area contributed by atoms with Crippen LogP contribution in [0.5, 0.6) is 5.75 Å². The molecule has 1 saturated heterocycles. The van der Waals surface area contributed by atoms with Gasteiger partial charge in [-0.05, 0) is 62.1 Å². The van der Waals surface area contributed by atoms with Crippen LogP contribution in [-0.2, 0) is 11.3 Å². The highest BCUT2D eigenvalue weighted by Gasteiger charge is 2.27. The number of carbonyl (C=O) groups is 1. The number of benzene rings is 2. The molecular formula is C22H28N2O2. The number of ether oxygens (including phenoxy) is 1. The Labute approximate surface area is 156 Å². The first-order valence-electron chi connectivity index (χ1n) is 9.45. The second kappa shape index (κ2) is 8.86. The fourth-order valence-electron chi connectivity index (χ4n) is 3.59. The first-order chi connectivity index (χ1) is 12.7. The lowest BCUT2D eigenvalue weighted by molar-refractivity contribution is -0.122. The molecule has 1 aliphatic rings. The SMILES string of the molecule is CCOc1ccc(C2CCCN2CC(=O)NCc2ccccc2C)cc1. The van der Waals surface area contributed by atoms with E-state index in [0.717, 1.165) is 25.1 Å². The summed E-state index contributed by atoms with van der Waals surface area (Å²) >= 11 is 0. The second-order valence-corrected chi connectivity index (χ2v) is 6.83. The number of nitrogens with one attached hydrogen (secondary N) is 1. The molecule has 1 fully saturated rings. The molecule has 1 N–H and O–H groups in total. The van der Waals surface area contributed by atoms with Crippen molar-refractivity contribution in [1.29, 1.82) is 0 Å². The smallest absolute Gasteiger partial charge is 0.234 e. The van der Waals surface area contributed by atoms with Crippen molar-refractivity contribution < 1.29 is 9.53 Å². The van der Waals surface area contributed by atoms with Crippen molar-refractivity contribution >= 4 is 5.91 Å². The number of carbonyl (C=O) groups excluding carboxylic acids is 1. The predicted octanol–water partition coefficient (Wildman–Crippen LogP) is 3.85. The highest BCUT2D eigenvalue weighted by Crippen LogP contribution is 2.32. The molecule has 4 heteroatoms. The van der Waals surface area contributed by atoms with E-state index in [1.165, 1.54) is 16.7 Å². The largest absolute Gasteiger partial charge is 0.494 e. The number of aryl methyl sites for hydroxylation is 1. The molecule has 3 rings (SSSR count). The average Bonchev–Trinajstić information content (AvgIpc) is 3.10. The minimum atomic E-state index is 0.0890. The molecule has 26 heavy (non-hydrogen) atoms. The molecule has 1 unspecified atom stereocenters. The van der Waals surface area contributed by atoms with E-state index in [2.05, 4.69) is 41.4 Å². The molecule has 1 aliphatic heterocycles. The highest BCUT2D eigenvalue weighted by molar-refractivity contribution is 5.78. The van der Waals surface area contributed by atoms with Gasteiger partial charge in [-0.3, -0.25) is 9.69 Å². The van der Waals surface area contributed by atoms with Crippen molar-refractivity contribution in [2.24, 2.45) is 0 Å². The molecular weight excluding hydrogens is 324 g/mol. The monoisotopic (exact) mass is 352 g/mol. The lowest BCUT2D eigenvalue weighted by atomic mass is 10.0. The lowest BCUT2D eigenvalue weighted by Crippen LogP contribution is -2.36. The van der Waals surface area contributed by atoms with Crippen molar-refractivity contribution in [3.8, 4) is 5.75 Å². The third-order valence-corrected chi connectivity index (χ3v) is 5.02. The summed E-state index contributed by atoms with van der Waals surface area (Å²) in [6, 6.07) is 16.8. The molecule has 0 radical (unpaired) electrons. The van der Waals surface area contributed by atoms with Crippen molar-refractivity contribution in [2.75, 3.05) is 19.7 Å². The lowest BCUT2D eigenvalue weighted by Gasteiger charge is -2.24. The van der Waals surface area contributed by atoms with E-state index in [1.807, 2.05) is 31.2 Å². The van der Waals surface area contributed by atoms with Crippen LogP contribution >= 0.6 is 0 Å². The minimum Gasteiger partial charge on any atom is -0.494 e. The van der Waals surface area contributed by atoms with Gasteiger partial charge >= 0.3 is 0 Å². The van der Waals surface area contributed by atoms with Crippen LogP contribution in [0.3, 0.4) is 0 Å². The molecule has 0 aromatic heterocycles. The van der Waals surface area contributed by atoms with Crippen molar-refractivity contribution in [3.63, 3.8) is 0 Å². The number of likely N-dealkylation sites (tertiary alicyclic amines) is 1. The van der Waals surface area contributed by atoms with Crippen molar-refractivity contribution in [3.05, 3.63) is 65.2 Å². The van der Waals surface area contributed by atoms with Gasteiger partial charge in [0.15, 0.2) is 0 Å². The molecule has 1 atom stereocenters. The Bertz CT molecular complexity index is 727. The second-order valence-electron chi connectivity index (χ2n) is 6.83. The fraction of sp³-hybridized carbons (Fsp3) is 0.409. The molecule has 1 heterocycles.